The van der Waals surface area contributed by atoms with Crippen LogP contribution >= 0.6 is 11.6 Å². The summed E-state index contributed by atoms with van der Waals surface area (Å²) < 4.78 is 5.59. The summed E-state index contributed by atoms with van der Waals surface area (Å²) in [4.78, 5) is 4.24. The Hall–Kier alpha value is -1.48. The number of halogens is 1. The lowest BCUT2D eigenvalue weighted by Gasteiger charge is -1.96. The minimum Gasteiger partial charge on any atom is -0.454 e. The molecule has 0 aliphatic rings. The van der Waals surface area contributed by atoms with Gasteiger partial charge in [-0.1, -0.05) is 17.1 Å². The summed E-state index contributed by atoms with van der Waals surface area (Å²) >= 11 is 5.89. The van der Waals surface area contributed by atoms with Crippen LogP contribution < -0.4 is 5.46 Å². The highest BCUT2D eigenvalue weighted by Gasteiger charge is 2.09. The largest absolute Gasteiger partial charge is 0.454 e. The zero-order valence-corrected chi connectivity index (χ0v) is 8.45. The van der Waals surface area contributed by atoms with Crippen LogP contribution in [0.25, 0.3) is 22.1 Å². The average Bonchev–Trinajstić information content (AvgIpc) is 2.54. The molecule has 0 saturated carbocycles. The Morgan fingerprint density at radius 3 is 3.00 bits per heavy atom. The summed E-state index contributed by atoms with van der Waals surface area (Å²) in [5.74, 6) is 0. The maximum atomic E-state index is 5.89. The quantitative estimate of drug-likeness (QED) is 0.536. The predicted molar refractivity (Wildman–Crippen MR) is 61.9 cm³/mol. The number of benzene rings is 1. The zero-order chi connectivity index (χ0) is 10.4. The molecule has 2 heterocycles. The molecule has 4 heteroatoms. The molecule has 0 fully saturated rings. The van der Waals surface area contributed by atoms with E-state index in [0.29, 0.717) is 16.1 Å². The molecule has 0 unspecified atom stereocenters. The Kier molecular flexibility index (Phi) is 1.76. The molecule has 2 nitrogen and oxygen atoms in total. The van der Waals surface area contributed by atoms with Gasteiger partial charge < -0.3 is 4.42 Å². The lowest BCUT2D eigenvalue weighted by molar-refractivity contribution is 0.668. The Morgan fingerprint density at radius 1 is 1.27 bits per heavy atom. The Balaban J connectivity index is 2.61. The molecule has 0 saturated heterocycles. The second-order valence-electron chi connectivity index (χ2n) is 3.32. The van der Waals surface area contributed by atoms with E-state index >= 15 is 0 Å². The Bertz CT molecular complexity index is 662. The van der Waals surface area contributed by atoms with Gasteiger partial charge in [0.2, 0.25) is 0 Å². The molecule has 0 atom stereocenters. The van der Waals surface area contributed by atoms with E-state index in [1.54, 1.807) is 18.3 Å². The standard InChI is InChI=1S/C11H5BClNO/c12-7-4-6(13)5-9-10(7)11-8(15-9)2-1-3-14-11/h1-5H. The van der Waals surface area contributed by atoms with E-state index in [9.17, 15) is 0 Å². The van der Waals surface area contributed by atoms with Crippen LogP contribution in [-0.4, -0.2) is 12.8 Å². The molecular weight excluding hydrogens is 208 g/mol. The van der Waals surface area contributed by atoms with Gasteiger partial charge in [-0.2, -0.15) is 0 Å². The SMILES string of the molecule is [B]c1cc(Cl)cc2oc3cccnc3c12. The normalized spacial score (nSPS) is 11.3. The summed E-state index contributed by atoms with van der Waals surface area (Å²) in [6.07, 6.45) is 1.71. The average molecular weight is 213 g/mol. The van der Waals surface area contributed by atoms with Gasteiger partial charge >= 0.3 is 0 Å². The van der Waals surface area contributed by atoms with Gasteiger partial charge in [-0.25, -0.2) is 0 Å². The third-order valence-electron chi connectivity index (χ3n) is 2.32. The van der Waals surface area contributed by atoms with Gasteiger partial charge in [0.15, 0.2) is 5.58 Å². The molecule has 1 aromatic carbocycles. The van der Waals surface area contributed by atoms with Gasteiger partial charge in [-0.15, -0.1) is 0 Å². The summed E-state index contributed by atoms with van der Waals surface area (Å²) in [7, 11) is 5.88. The van der Waals surface area contributed by atoms with Crippen molar-refractivity contribution in [3.63, 3.8) is 0 Å². The number of hydrogen-bond acceptors (Lipinski definition) is 2. The van der Waals surface area contributed by atoms with E-state index in [2.05, 4.69) is 4.98 Å². The van der Waals surface area contributed by atoms with Gasteiger partial charge in [0.05, 0.1) is 0 Å². The lowest BCUT2D eigenvalue weighted by Crippen LogP contribution is -2.02. The molecule has 0 bridgehead atoms. The first kappa shape index (κ1) is 8.80. The van der Waals surface area contributed by atoms with Crippen molar-refractivity contribution in [2.24, 2.45) is 0 Å². The first-order chi connectivity index (χ1) is 7.25. The molecule has 3 rings (SSSR count). The first-order valence-electron chi connectivity index (χ1n) is 4.48. The molecule has 15 heavy (non-hydrogen) atoms. The predicted octanol–water partition coefficient (Wildman–Crippen LogP) is 2.43. The maximum absolute atomic E-state index is 5.89. The highest BCUT2D eigenvalue weighted by Crippen LogP contribution is 2.26. The summed E-state index contributed by atoms with van der Waals surface area (Å²) in [6.45, 7) is 0. The number of nitrogens with zero attached hydrogens (tertiary/aromatic N) is 1. The number of aromatic nitrogens is 1. The Labute approximate surface area is 92.3 Å². The fourth-order valence-electron chi connectivity index (χ4n) is 1.72. The lowest BCUT2D eigenvalue weighted by atomic mass is 9.92. The van der Waals surface area contributed by atoms with Crippen LogP contribution in [0, 0.1) is 0 Å². The highest BCUT2D eigenvalue weighted by atomic mass is 35.5. The van der Waals surface area contributed by atoms with E-state index in [-0.39, 0.29) is 0 Å². The number of rotatable bonds is 0. The van der Waals surface area contributed by atoms with Crippen molar-refractivity contribution in [1.29, 1.82) is 0 Å². The van der Waals surface area contributed by atoms with E-state index in [1.165, 1.54) is 0 Å². The summed E-state index contributed by atoms with van der Waals surface area (Å²) in [6, 6.07) is 7.13. The molecule has 0 aliphatic heterocycles. The molecule has 0 N–H and O–H groups in total. The minimum atomic E-state index is 0.569. The van der Waals surface area contributed by atoms with Gasteiger partial charge in [0.1, 0.15) is 18.9 Å². The van der Waals surface area contributed by atoms with Crippen molar-refractivity contribution >= 4 is 47.0 Å². The van der Waals surface area contributed by atoms with Crippen molar-refractivity contribution in [3.05, 3.63) is 35.5 Å². The summed E-state index contributed by atoms with van der Waals surface area (Å²) in [5.41, 5.74) is 2.77. The molecule has 0 aliphatic carbocycles. The van der Waals surface area contributed by atoms with Crippen LogP contribution in [0.15, 0.2) is 34.9 Å². The van der Waals surface area contributed by atoms with E-state index < -0.39 is 0 Å². The van der Waals surface area contributed by atoms with Crippen LogP contribution in [0.3, 0.4) is 0 Å². The van der Waals surface area contributed by atoms with Crippen molar-refractivity contribution in [2.75, 3.05) is 0 Å². The second-order valence-corrected chi connectivity index (χ2v) is 3.76. The smallest absolute Gasteiger partial charge is 0.153 e. The number of furan rings is 1. The molecule has 0 amide bonds. The highest BCUT2D eigenvalue weighted by molar-refractivity contribution is 6.43. The topological polar surface area (TPSA) is 26.0 Å². The summed E-state index contributed by atoms with van der Waals surface area (Å²) in [5, 5.41) is 1.40. The monoisotopic (exact) mass is 213 g/mol. The van der Waals surface area contributed by atoms with Crippen LogP contribution in [0.4, 0.5) is 0 Å². The van der Waals surface area contributed by atoms with Gasteiger partial charge in [0.25, 0.3) is 0 Å². The molecular formula is C11H5BClNO. The van der Waals surface area contributed by atoms with E-state index in [1.807, 2.05) is 12.1 Å². The number of pyridine rings is 1. The van der Waals surface area contributed by atoms with Gasteiger partial charge in [0, 0.05) is 22.7 Å². The van der Waals surface area contributed by atoms with Crippen LogP contribution in [0.2, 0.25) is 5.02 Å². The van der Waals surface area contributed by atoms with Gasteiger partial charge in [-0.05, 0) is 18.2 Å². The third-order valence-corrected chi connectivity index (χ3v) is 2.54. The molecule has 0 spiro atoms. The van der Waals surface area contributed by atoms with Crippen molar-refractivity contribution < 1.29 is 4.42 Å². The number of fused-ring (bicyclic) bond motifs is 3. The van der Waals surface area contributed by atoms with Crippen LogP contribution in [0.1, 0.15) is 0 Å². The third kappa shape index (κ3) is 1.23. The van der Waals surface area contributed by atoms with Crippen molar-refractivity contribution in [2.45, 2.75) is 0 Å². The minimum absolute atomic E-state index is 0.569. The molecule has 70 valence electrons. The van der Waals surface area contributed by atoms with Crippen LogP contribution in [-0.2, 0) is 0 Å². The number of hydrogen-bond donors (Lipinski definition) is 0. The Morgan fingerprint density at radius 2 is 2.13 bits per heavy atom. The fraction of sp³-hybridized carbons (Fsp3) is 0. The van der Waals surface area contributed by atoms with Crippen molar-refractivity contribution in [3.8, 4) is 0 Å². The molecule has 2 radical (unpaired) electrons. The fourth-order valence-corrected chi connectivity index (χ4v) is 1.93. The van der Waals surface area contributed by atoms with Gasteiger partial charge in [-0.3, -0.25) is 4.98 Å². The zero-order valence-electron chi connectivity index (χ0n) is 7.70. The molecule has 2 aromatic heterocycles. The van der Waals surface area contributed by atoms with Crippen LogP contribution in [0.5, 0.6) is 0 Å². The van der Waals surface area contributed by atoms with E-state index in [4.69, 9.17) is 23.9 Å². The maximum Gasteiger partial charge on any atom is 0.153 e. The second kappa shape index (κ2) is 3.01. The van der Waals surface area contributed by atoms with E-state index in [0.717, 1.165) is 16.5 Å². The first-order valence-corrected chi connectivity index (χ1v) is 4.86. The molecule has 3 aromatic rings. The van der Waals surface area contributed by atoms with Crippen molar-refractivity contribution in [1.82, 2.24) is 4.98 Å².